The average molecular weight is 291 g/mol. The fourth-order valence-corrected chi connectivity index (χ4v) is 2.52. The lowest BCUT2D eigenvalue weighted by Crippen LogP contribution is -2.05. The van der Waals surface area contributed by atoms with Crippen LogP contribution in [0.15, 0.2) is 30.6 Å². The van der Waals surface area contributed by atoms with E-state index in [0.717, 1.165) is 5.92 Å². The largest absolute Gasteiger partial charge is 0.393 e. The molecule has 4 N–H and O–H groups in total. The second-order valence-corrected chi connectivity index (χ2v) is 5.31. The van der Waals surface area contributed by atoms with Gasteiger partial charge in [0.15, 0.2) is 11.0 Å². The van der Waals surface area contributed by atoms with E-state index in [1.54, 1.807) is 11.1 Å². The van der Waals surface area contributed by atoms with Crippen molar-refractivity contribution in [2.75, 3.05) is 11.5 Å². The number of halogens is 1. The van der Waals surface area contributed by atoms with E-state index in [4.69, 9.17) is 23.1 Å². The Morgan fingerprint density at radius 3 is 2.60 bits per heavy atom. The maximum absolute atomic E-state index is 5.46. The molecule has 0 spiro atoms. The van der Waals surface area contributed by atoms with Crippen molar-refractivity contribution in [3.05, 3.63) is 46.9 Å². The number of fused-ring (bicyclic) bond motifs is 1. The fourth-order valence-electron chi connectivity index (χ4n) is 2.38. The maximum atomic E-state index is 5.46. The van der Waals surface area contributed by atoms with Crippen molar-refractivity contribution in [1.29, 1.82) is 0 Å². The molecule has 0 aliphatic heterocycles. The van der Waals surface area contributed by atoms with Crippen molar-refractivity contribution in [3.8, 4) is 0 Å². The van der Waals surface area contributed by atoms with Crippen molar-refractivity contribution >= 4 is 23.1 Å². The number of nitrogens with zero attached hydrogens (tertiary/aromatic N) is 2. The third kappa shape index (κ3) is 3.39. The lowest BCUT2D eigenvalue weighted by Gasteiger charge is -2.21. The molecule has 1 aromatic carbocycles. The molecular formula is C15H19ClN4. The van der Waals surface area contributed by atoms with Crippen molar-refractivity contribution in [2.24, 2.45) is 0 Å². The highest BCUT2D eigenvalue weighted by atomic mass is 35.5. The van der Waals surface area contributed by atoms with E-state index in [9.17, 15) is 0 Å². The fraction of sp³-hybridized carbons (Fsp3) is 0.333. The minimum absolute atomic E-state index is 0.197. The first-order valence-corrected chi connectivity index (χ1v) is 7.06. The smallest absolute Gasteiger partial charge is 0.157 e. The predicted octanol–water partition coefficient (Wildman–Crippen LogP) is 3.42. The van der Waals surface area contributed by atoms with Gasteiger partial charge in [-0.25, -0.2) is 9.97 Å². The van der Waals surface area contributed by atoms with Gasteiger partial charge in [-0.2, -0.15) is 0 Å². The highest BCUT2D eigenvalue weighted by Gasteiger charge is 2.14. The summed E-state index contributed by atoms with van der Waals surface area (Å²) in [6.45, 7) is 2.33. The van der Waals surface area contributed by atoms with E-state index in [2.05, 4.69) is 41.2 Å². The molecule has 1 heterocycles. The SMILES string of the molecule is CC1CCCc2ccccc21.Nc1ncnc(Cl)c1N. The van der Waals surface area contributed by atoms with Crippen LogP contribution in [0.1, 0.15) is 36.8 Å². The normalized spacial score (nSPS) is 16.8. The number of hydrogen-bond donors (Lipinski definition) is 2. The Morgan fingerprint density at radius 2 is 1.95 bits per heavy atom. The van der Waals surface area contributed by atoms with Crippen molar-refractivity contribution in [3.63, 3.8) is 0 Å². The van der Waals surface area contributed by atoms with Gasteiger partial charge in [0, 0.05) is 0 Å². The Balaban J connectivity index is 0.000000151. The summed E-state index contributed by atoms with van der Waals surface area (Å²) in [5.74, 6) is 1.01. The molecule has 1 aliphatic carbocycles. The highest BCUT2D eigenvalue weighted by molar-refractivity contribution is 6.32. The van der Waals surface area contributed by atoms with Gasteiger partial charge in [0.2, 0.25) is 0 Å². The minimum Gasteiger partial charge on any atom is -0.393 e. The standard InChI is InChI=1S/C11H14.C4H5ClN4/c1-9-5-4-7-10-6-2-3-8-11(9)10;5-3-2(6)4(7)9-1-8-3/h2-3,6,8-9H,4-5,7H2,1H3;1H,6H2,(H2,7,8,9). The highest BCUT2D eigenvalue weighted by Crippen LogP contribution is 2.30. The number of benzene rings is 1. The molecular weight excluding hydrogens is 272 g/mol. The predicted molar refractivity (Wildman–Crippen MR) is 83.7 cm³/mol. The Kier molecular flexibility index (Phi) is 4.79. The molecule has 0 amide bonds. The van der Waals surface area contributed by atoms with E-state index in [1.807, 2.05) is 0 Å². The maximum Gasteiger partial charge on any atom is 0.157 e. The summed E-state index contributed by atoms with van der Waals surface area (Å²) in [5.41, 5.74) is 14.0. The van der Waals surface area contributed by atoms with Crippen LogP contribution in [0.2, 0.25) is 5.15 Å². The molecule has 0 bridgehead atoms. The quantitative estimate of drug-likeness (QED) is 0.729. The Hall–Kier alpha value is -1.81. The molecule has 4 nitrogen and oxygen atoms in total. The number of nitrogens with two attached hydrogens (primary N) is 2. The molecule has 1 aliphatic rings. The van der Waals surface area contributed by atoms with Gasteiger partial charge in [0.1, 0.15) is 12.0 Å². The molecule has 1 atom stereocenters. The zero-order valence-corrected chi connectivity index (χ0v) is 12.3. The summed E-state index contributed by atoms with van der Waals surface area (Å²) in [5, 5.41) is 0.197. The number of aromatic nitrogens is 2. The molecule has 0 saturated heterocycles. The van der Waals surface area contributed by atoms with Crippen LogP contribution in [0.5, 0.6) is 0 Å². The van der Waals surface area contributed by atoms with Crippen LogP contribution in [0.25, 0.3) is 0 Å². The molecule has 5 heteroatoms. The van der Waals surface area contributed by atoms with Crippen molar-refractivity contribution in [1.82, 2.24) is 9.97 Å². The van der Waals surface area contributed by atoms with Gasteiger partial charge < -0.3 is 11.5 Å². The molecule has 0 saturated carbocycles. The van der Waals surface area contributed by atoms with Crippen LogP contribution < -0.4 is 11.5 Å². The van der Waals surface area contributed by atoms with Gasteiger partial charge >= 0.3 is 0 Å². The Morgan fingerprint density at radius 1 is 1.20 bits per heavy atom. The van der Waals surface area contributed by atoms with Crippen LogP contribution in [0, 0.1) is 0 Å². The van der Waals surface area contributed by atoms with Gasteiger partial charge in [-0.05, 0) is 36.3 Å². The first-order valence-electron chi connectivity index (χ1n) is 6.69. The zero-order chi connectivity index (χ0) is 14.5. The Labute approximate surface area is 124 Å². The monoisotopic (exact) mass is 290 g/mol. The second-order valence-electron chi connectivity index (χ2n) is 4.96. The van der Waals surface area contributed by atoms with Crippen LogP contribution >= 0.6 is 11.6 Å². The first kappa shape index (κ1) is 14.6. The number of anilines is 2. The third-order valence-corrected chi connectivity index (χ3v) is 3.84. The number of aryl methyl sites for hydroxylation is 1. The summed E-state index contributed by atoms with van der Waals surface area (Å²) in [4.78, 5) is 7.19. The summed E-state index contributed by atoms with van der Waals surface area (Å²) >= 11 is 5.46. The van der Waals surface area contributed by atoms with Gasteiger partial charge in [-0.1, -0.05) is 42.8 Å². The van der Waals surface area contributed by atoms with E-state index >= 15 is 0 Å². The molecule has 0 fully saturated rings. The van der Waals surface area contributed by atoms with Gasteiger partial charge in [-0.15, -0.1) is 0 Å². The van der Waals surface area contributed by atoms with Gasteiger partial charge in [-0.3, -0.25) is 0 Å². The summed E-state index contributed by atoms with van der Waals surface area (Å²) < 4.78 is 0. The minimum atomic E-state index is 0.197. The van der Waals surface area contributed by atoms with E-state index in [-0.39, 0.29) is 16.7 Å². The van der Waals surface area contributed by atoms with E-state index in [0.29, 0.717) is 0 Å². The molecule has 20 heavy (non-hydrogen) atoms. The Bertz CT molecular complexity index is 566. The molecule has 0 radical (unpaired) electrons. The molecule has 1 aromatic heterocycles. The summed E-state index contributed by atoms with van der Waals surface area (Å²) in [6, 6.07) is 8.85. The van der Waals surface area contributed by atoms with Gasteiger partial charge in [0.25, 0.3) is 0 Å². The summed E-state index contributed by atoms with van der Waals surface area (Å²) in [7, 11) is 0. The molecule has 2 aromatic rings. The van der Waals surface area contributed by atoms with Crippen molar-refractivity contribution < 1.29 is 0 Å². The van der Waals surface area contributed by atoms with E-state index < -0.39 is 0 Å². The van der Waals surface area contributed by atoms with Crippen LogP contribution in [-0.2, 0) is 6.42 Å². The first-order chi connectivity index (χ1) is 9.59. The average Bonchev–Trinajstić information content (AvgIpc) is 2.46. The third-order valence-electron chi connectivity index (χ3n) is 3.54. The van der Waals surface area contributed by atoms with Gasteiger partial charge in [0.05, 0.1) is 0 Å². The van der Waals surface area contributed by atoms with Crippen molar-refractivity contribution in [2.45, 2.75) is 32.1 Å². The zero-order valence-electron chi connectivity index (χ0n) is 11.5. The second kappa shape index (κ2) is 6.57. The molecule has 1 unspecified atom stereocenters. The van der Waals surface area contributed by atoms with Crippen LogP contribution in [0.4, 0.5) is 11.5 Å². The molecule has 3 rings (SSSR count). The topological polar surface area (TPSA) is 77.8 Å². The lowest BCUT2D eigenvalue weighted by atomic mass is 9.84. The number of rotatable bonds is 0. The molecule has 106 valence electrons. The van der Waals surface area contributed by atoms with E-state index in [1.165, 1.54) is 25.6 Å². The number of nitrogen functional groups attached to an aromatic ring is 2. The lowest BCUT2D eigenvalue weighted by molar-refractivity contribution is 0.590. The summed E-state index contributed by atoms with van der Waals surface area (Å²) in [6.07, 6.45) is 5.30. The van der Waals surface area contributed by atoms with Crippen LogP contribution in [-0.4, -0.2) is 9.97 Å². The number of hydrogen-bond acceptors (Lipinski definition) is 4. The van der Waals surface area contributed by atoms with Crippen LogP contribution in [0.3, 0.4) is 0 Å².